The van der Waals surface area contributed by atoms with Crippen molar-refractivity contribution in [2.45, 2.75) is 31.8 Å². The highest BCUT2D eigenvalue weighted by molar-refractivity contribution is 4.81. The maximum Gasteiger partial charge on any atom is 0.0619 e. The van der Waals surface area contributed by atoms with Crippen LogP contribution in [-0.2, 0) is 4.74 Å². The second-order valence-electron chi connectivity index (χ2n) is 4.21. The van der Waals surface area contributed by atoms with Gasteiger partial charge >= 0.3 is 0 Å². The first kappa shape index (κ1) is 9.44. The second kappa shape index (κ2) is 4.40. The summed E-state index contributed by atoms with van der Waals surface area (Å²) in [6.07, 6.45) is 2.70. The minimum absolute atomic E-state index is 0.608. The lowest BCUT2D eigenvalue weighted by Gasteiger charge is -2.34. The van der Waals surface area contributed by atoms with E-state index >= 15 is 0 Å². The van der Waals surface area contributed by atoms with Gasteiger partial charge in [0.1, 0.15) is 0 Å². The quantitative estimate of drug-likeness (QED) is 0.675. The highest BCUT2D eigenvalue weighted by Gasteiger charge is 2.23. The first-order valence-corrected chi connectivity index (χ1v) is 5.41. The summed E-state index contributed by atoms with van der Waals surface area (Å²) in [5, 5.41) is 3.54. The van der Waals surface area contributed by atoms with Crippen LogP contribution in [0.3, 0.4) is 0 Å². The summed E-state index contributed by atoms with van der Waals surface area (Å²) in [6, 6.07) is 1.34. The summed E-state index contributed by atoms with van der Waals surface area (Å²) in [5.74, 6) is 0. The molecule has 0 aliphatic carbocycles. The van der Waals surface area contributed by atoms with Gasteiger partial charge in [-0.3, -0.25) is 4.90 Å². The van der Waals surface area contributed by atoms with E-state index in [-0.39, 0.29) is 0 Å². The molecule has 3 nitrogen and oxygen atoms in total. The molecule has 0 saturated carbocycles. The Balaban J connectivity index is 1.78. The Morgan fingerprint density at radius 1 is 1.54 bits per heavy atom. The molecule has 2 aliphatic rings. The molecule has 2 atom stereocenters. The zero-order chi connectivity index (χ0) is 9.10. The number of morpholine rings is 1. The van der Waals surface area contributed by atoms with Crippen LogP contribution in [0.5, 0.6) is 0 Å². The van der Waals surface area contributed by atoms with E-state index in [1.165, 1.54) is 25.9 Å². The van der Waals surface area contributed by atoms with E-state index in [1.54, 1.807) is 0 Å². The molecule has 0 radical (unpaired) electrons. The van der Waals surface area contributed by atoms with Crippen molar-refractivity contribution in [2.24, 2.45) is 0 Å². The lowest BCUT2D eigenvalue weighted by molar-refractivity contribution is -0.00351. The monoisotopic (exact) mass is 184 g/mol. The standard InChI is InChI=1S/C10H20N2O/c1-9-8-13-6-5-12(9)7-10-3-2-4-11-10/h9-11H,2-8H2,1H3. The van der Waals surface area contributed by atoms with E-state index in [0.717, 1.165) is 25.8 Å². The number of nitrogens with zero attached hydrogens (tertiary/aromatic N) is 1. The average Bonchev–Trinajstić information content (AvgIpc) is 2.61. The predicted molar refractivity (Wildman–Crippen MR) is 52.9 cm³/mol. The molecule has 2 rings (SSSR count). The van der Waals surface area contributed by atoms with Gasteiger partial charge in [0.25, 0.3) is 0 Å². The van der Waals surface area contributed by atoms with Crippen molar-refractivity contribution in [1.82, 2.24) is 10.2 Å². The molecular formula is C10H20N2O. The van der Waals surface area contributed by atoms with Gasteiger partial charge in [0.2, 0.25) is 0 Å². The van der Waals surface area contributed by atoms with E-state index < -0.39 is 0 Å². The molecule has 3 heteroatoms. The normalized spacial score (nSPS) is 36.7. The Kier molecular flexibility index (Phi) is 3.19. The highest BCUT2D eigenvalue weighted by atomic mass is 16.5. The van der Waals surface area contributed by atoms with Crippen molar-refractivity contribution in [1.29, 1.82) is 0 Å². The van der Waals surface area contributed by atoms with Crippen LogP contribution in [0, 0.1) is 0 Å². The molecule has 2 saturated heterocycles. The predicted octanol–water partition coefficient (Wildman–Crippen LogP) is 0.459. The molecule has 1 N–H and O–H groups in total. The van der Waals surface area contributed by atoms with Crippen molar-refractivity contribution in [2.75, 3.05) is 32.8 Å². The summed E-state index contributed by atoms with van der Waals surface area (Å²) in [7, 11) is 0. The van der Waals surface area contributed by atoms with Crippen molar-refractivity contribution in [3.8, 4) is 0 Å². The molecular weight excluding hydrogens is 164 g/mol. The fourth-order valence-corrected chi connectivity index (χ4v) is 2.23. The second-order valence-corrected chi connectivity index (χ2v) is 4.21. The molecule has 2 unspecified atom stereocenters. The van der Waals surface area contributed by atoms with Gasteiger partial charge in [0, 0.05) is 25.2 Å². The molecule has 0 aromatic carbocycles. The van der Waals surface area contributed by atoms with Gasteiger partial charge in [0.05, 0.1) is 13.2 Å². The minimum atomic E-state index is 0.608. The molecule has 13 heavy (non-hydrogen) atoms. The van der Waals surface area contributed by atoms with Crippen LogP contribution < -0.4 is 5.32 Å². The van der Waals surface area contributed by atoms with Gasteiger partial charge in [0.15, 0.2) is 0 Å². The lowest BCUT2D eigenvalue weighted by atomic mass is 10.2. The molecule has 0 bridgehead atoms. The third kappa shape index (κ3) is 2.42. The number of rotatable bonds is 2. The first-order valence-electron chi connectivity index (χ1n) is 5.41. The smallest absolute Gasteiger partial charge is 0.0619 e. The van der Waals surface area contributed by atoms with Crippen LogP contribution in [0.25, 0.3) is 0 Å². The summed E-state index contributed by atoms with van der Waals surface area (Å²) >= 11 is 0. The maximum atomic E-state index is 5.41. The van der Waals surface area contributed by atoms with Crippen molar-refractivity contribution in [3.63, 3.8) is 0 Å². The van der Waals surface area contributed by atoms with Crippen molar-refractivity contribution >= 4 is 0 Å². The van der Waals surface area contributed by atoms with Crippen molar-refractivity contribution in [3.05, 3.63) is 0 Å². The number of nitrogens with one attached hydrogen (secondary N) is 1. The molecule has 0 aromatic heterocycles. The van der Waals surface area contributed by atoms with Crippen molar-refractivity contribution < 1.29 is 4.74 Å². The average molecular weight is 184 g/mol. The Morgan fingerprint density at radius 2 is 2.46 bits per heavy atom. The van der Waals surface area contributed by atoms with Gasteiger partial charge in [-0.2, -0.15) is 0 Å². The first-order chi connectivity index (χ1) is 6.36. The molecule has 0 aromatic rings. The summed E-state index contributed by atoms with van der Waals surface area (Å²) in [5.41, 5.74) is 0. The maximum absolute atomic E-state index is 5.41. The summed E-state index contributed by atoms with van der Waals surface area (Å²) in [4.78, 5) is 2.55. The number of ether oxygens (including phenoxy) is 1. The molecule has 0 spiro atoms. The van der Waals surface area contributed by atoms with Crippen LogP contribution in [0.4, 0.5) is 0 Å². The highest BCUT2D eigenvalue weighted by Crippen LogP contribution is 2.11. The van der Waals surface area contributed by atoms with Gasteiger partial charge in [-0.25, -0.2) is 0 Å². The Labute approximate surface area is 80.4 Å². The SMILES string of the molecule is CC1COCCN1CC1CCCN1. The molecule has 2 fully saturated rings. The van der Waals surface area contributed by atoms with Crippen LogP contribution in [-0.4, -0.2) is 49.8 Å². The van der Waals surface area contributed by atoms with Gasteiger partial charge < -0.3 is 10.1 Å². The topological polar surface area (TPSA) is 24.5 Å². The summed E-state index contributed by atoms with van der Waals surface area (Å²) in [6.45, 7) is 7.62. The van der Waals surface area contributed by atoms with Gasteiger partial charge in [-0.05, 0) is 26.3 Å². The van der Waals surface area contributed by atoms with E-state index in [1.807, 2.05) is 0 Å². The van der Waals surface area contributed by atoms with E-state index in [2.05, 4.69) is 17.1 Å². The number of hydrogen-bond donors (Lipinski definition) is 1. The zero-order valence-electron chi connectivity index (χ0n) is 8.46. The largest absolute Gasteiger partial charge is 0.379 e. The zero-order valence-corrected chi connectivity index (χ0v) is 8.46. The minimum Gasteiger partial charge on any atom is -0.379 e. The third-order valence-corrected chi connectivity index (χ3v) is 3.12. The van der Waals surface area contributed by atoms with Crippen LogP contribution in [0.15, 0.2) is 0 Å². The van der Waals surface area contributed by atoms with Crippen LogP contribution >= 0.6 is 0 Å². The Morgan fingerprint density at radius 3 is 3.15 bits per heavy atom. The molecule has 0 amide bonds. The third-order valence-electron chi connectivity index (χ3n) is 3.12. The van der Waals surface area contributed by atoms with Gasteiger partial charge in [-0.1, -0.05) is 0 Å². The van der Waals surface area contributed by atoms with E-state index in [4.69, 9.17) is 4.74 Å². The molecule has 2 aliphatic heterocycles. The lowest BCUT2D eigenvalue weighted by Crippen LogP contribution is -2.48. The van der Waals surface area contributed by atoms with Crippen LogP contribution in [0.2, 0.25) is 0 Å². The fourth-order valence-electron chi connectivity index (χ4n) is 2.23. The Bertz CT molecular complexity index is 157. The van der Waals surface area contributed by atoms with E-state index in [9.17, 15) is 0 Å². The number of hydrogen-bond acceptors (Lipinski definition) is 3. The van der Waals surface area contributed by atoms with E-state index in [0.29, 0.717) is 6.04 Å². The molecule has 2 heterocycles. The van der Waals surface area contributed by atoms with Crippen LogP contribution in [0.1, 0.15) is 19.8 Å². The molecule has 76 valence electrons. The fraction of sp³-hybridized carbons (Fsp3) is 1.00. The summed E-state index contributed by atoms with van der Waals surface area (Å²) < 4.78 is 5.41. The van der Waals surface area contributed by atoms with Gasteiger partial charge in [-0.15, -0.1) is 0 Å². The Hall–Kier alpha value is -0.120.